The molecular formula is C28H33N7O2S. The van der Waals surface area contributed by atoms with Crippen LogP contribution in [-0.4, -0.2) is 56.6 Å². The average Bonchev–Trinajstić information content (AvgIpc) is 3.59. The first kappa shape index (κ1) is 25.9. The van der Waals surface area contributed by atoms with E-state index in [0.29, 0.717) is 36.2 Å². The largest absolute Gasteiger partial charge is 0.444 e. The number of thioether (sulfide) groups is 1. The number of aromatic nitrogens is 3. The second-order valence-corrected chi connectivity index (χ2v) is 11.6. The zero-order chi connectivity index (χ0) is 26.9. The SMILES string of the molecule is CSCc1cc(Nc2cc(NC3CC3)n3ncc(C#N)c3n2)ccc1C1=CCCN(C(=O)OC(C)(C)C)C1. The van der Waals surface area contributed by atoms with E-state index in [-0.39, 0.29) is 6.09 Å². The molecule has 1 saturated carbocycles. The minimum absolute atomic E-state index is 0.276. The van der Waals surface area contributed by atoms with Crippen LogP contribution >= 0.6 is 11.8 Å². The van der Waals surface area contributed by atoms with E-state index in [4.69, 9.17) is 4.74 Å². The van der Waals surface area contributed by atoms with Gasteiger partial charge in [0.25, 0.3) is 0 Å². The third kappa shape index (κ3) is 5.89. The van der Waals surface area contributed by atoms with Gasteiger partial charge in [-0.3, -0.25) is 0 Å². The Labute approximate surface area is 227 Å². The predicted molar refractivity (Wildman–Crippen MR) is 152 cm³/mol. The highest BCUT2D eigenvalue weighted by atomic mass is 32.2. The molecule has 1 fully saturated rings. The number of nitrogens with one attached hydrogen (secondary N) is 2. The minimum atomic E-state index is -0.522. The number of nitriles is 1. The molecule has 1 aromatic carbocycles. The summed E-state index contributed by atoms with van der Waals surface area (Å²) >= 11 is 1.75. The Morgan fingerprint density at radius 2 is 2.11 bits per heavy atom. The van der Waals surface area contributed by atoms with Gasteiger partial charge in [-0.2, -0.15) is 26.6 Å². The van der Waals surface area contributed by atoms with Crippen LogP contribution in [0.2, 0.25) is 0 Å². The summed E-state index contributed by atoms with van der Waals surface area (Å²) < 4.78 is 7.30. The lowest BCUT2D eigenvalue weighted by Gasteiger charge is -2.31. The Morgan fingerprint density at radius 1 is 1.29 bits per heavy atom. The van der Waals surface area contributed by atoms with Gasteiger partial charge in [-0.05, 0) is 75.1 Å². The van der Waals surface area contributed by atoms with Crippen LogP contribution < -0.4 is 10.6 Å². The van der Waals surface area contributed by atoms with Gasteiger partial charge in [-0.25, -0.2) is 9.78 Å². The number of nitrogens with zero attached hydrogens (tertiary/aromatic N) is 5. The molecule has 9 nitrogen and oxygen atoms in total. The molecule has 3 heterocycles. The molecule has 198 valence electrons. The second-order valence-electron chi connectivity index (χ2n) is 10.7. The molecule has 2 N–H and O–H groups in total. The number of amides is 1. The van der Waals surface area contributed by atoms with Crippen molar-refractivity contribution in [3.8, 4) is 6.07 Å². The van der Waals surface area contributed by atoms with Crippen LogP contribution in [0.15, 0.2) is 36.5 Å². The maximum atomic E-state index is 12.7. The fraction of sp³-hybridized carbons (Fsp3) is 0.429. The average molecular weight is 532 g/mol. The molecule has 2 aliphatic rings. The first-order chi connectivity index (χ1) is 18.2. The molecule has 2 aromatic heterocycles. The maximum Gasteiger partial charge on any atom is 0.410 e. The molecule has 0 bridgehead atoms. The molecule has 1 amide bonds. The molecule has 0 atom stereocenters. The molecule has 0 unspecified atom stereocenters. The number of carbonyl (C=O) groups excluding carboxylic acids is 1. The van der Waals surface area contributed by atoms with Crippen LogP contribution in [0.25, 0.3) is 11.2 Å². The van der Waals surface area contributed by atoms with E-state index in [1.807, 2.05) is 32.9 Å². The monoisotopic (exact) mass is 531 g/mol. The number of hydrogen-bond donors (Lipinski definition) is 2. The molecule has 1 aliphatic carbocycles. The fourth-order valence-electron chi connectivity index (χ4n) is 4.47. The quantitative estimate of drug-likeness (QED) is 0.394. The maximum absolute atomic E-state index is 12.7. The highest BCUT2D eigenvalue weighted by molar-refractivity contribution is 7.97. The number of fused-ring (bicyclic) bond motifs is 1. The standard InChI is InChI=1S/C28H33N7O2S/c1-28(2,3)37-27(36)34-11-5-6-18(16-34)23-10-9-22(12-19(23)17-38-4)31-24-13-25(32-21-7-8-21)35-26(33-24)20(14-29)15-30-35/h6,9-10,12-13,15,21,32H,5,7-8,11,16-17H2,1-4H3,(H,31,33). The molecule has 38 heavy (non-hydrogen) atoms. The number of benzene rings is 1. The molecule has 3 aromatic rings. The van der Waals surface area contributed by atoms with Crippen molar-refractivity contribution in [2.24, 2.45) is 0 Å². The van der Waals surface area contributed by atoms with Crippen LogP contribution in [0, 0.1) is 11.3 Å². The van der Waals surface area contributed by atoms with Crippen LogP contribution in [0.1, 0.15) is 56.7 Å². The molecule has 0 spiro atoms. The summed E-state index contributed by atoms with van der Waals surface area (Å²) in [6.07, 6.45) is 8.62. The number of ether oxygens (including phenoxy) is 1. The molecular weight excluding hydrogens is 498 g/mol. The van der Waals surface area contributed by atoms with Crippen LogP contribution in [-0.2, 0) is 10.5 Å². The third-order valence-electron chi connectivity index (χ3n) is 6.35. The Bertz CT molecular complexity index is 1430. The van der Waals surface area contributed by atoms with E-state index in [1.54, 1.807) is 27.4 Å². The van der Waals surface area contributed by atoms with Crippen LogP contribution in [0.3, 0.4) is 0 Å². The lowest BCUT2D eigenvalue weighted by Crippen LogP contribution is -2.39. The molecule has 10 heteroatoms. The Balaban J connectivity index is 1.41. The lowest BCUT2D eigenvalue weighted by atomic mass is 9.96. The van der Waals surface area contributed by atoms with Crippen molar-refractivity contribution in [2.75, 3.05) is 30.0 Å². The van der Waals surface area contributed by atoms with Gasteiger partial charge in [0.2, 0.25) is 0 Å². The molecule has 1 aliphatic heterocycles. The van der Waals surface area contributed by atoms with Crippen molar-refractivity contribution in [2.45, 2.75) is 57.4 Å². The summed E-state index contributed by atoms with van der Waals surface area (Å²) in [5.41, 5.74) is 4.79. The van der Waals surface area contributed by atoms with Crippen molar-refractivity contribution >= 4 is 46.4 Å². The van der Waals surface area contributed by atoms with E-state index in [1.165, 1.54) is 5.56 Å². The molecule has 0 saturated heterocycles. The van der Waals surface area contributed by atoms with Gasteiger partial charge in [0.1, 0.15) is 28.9 Å². The normalized spacial score (nSPS) is 15.7. The van der Waals surface area contributed by atoms with E-state index in [9.17, 15) is 10.1 Å². The molecule has 0 radical (unpaired) electrons. The van der Waals surface area contributed by atoms with E-state index in [0.717, 1.165) is 47.7 Å². The number of hydrogen-bond acceptors (Lipinski definition) is 8. The van der Waals surface area contributed by atoms with Gasteiger partial charge in [-0.1, -0.05) is 12.1 Å². The highest BCUT2D eigenvalue weighted by Gasteiger charge is 2.26. The van der Waals surface area contributed by atoms with Crippen molar-refractivity contribution < 1.29 is 9.53 Å². The van der Waals surface area contributed by atoms with Gasteiger partial charge in [0.15, 0.2) is 5.65 Å². The van der Waals surface area contributed by atoms with Gasteiger partial charge < -0.3 is 20.3 Å². The zero-order valence-electron chi connectivity index (χ0n) is 22.2. The smallest absolute Gasteiger partial charge is 0.410 e. The summed E-state index contributed by atoms with van der Waals surface area (Å²) in [5.74, 6) is 2.29. The van der Waals surface area contributed by atoms with Crippen molar-refractivity contribution in [1.82, 2.24) is 19.5 Å². The second kappa shape index (κ2) is 10.6. The number of carbonyl (C=O) groups is 1. The fourth-order valence-corrected chi connectivity index (χ4v) is 5.02. The zero-order valence-corrected chi connectivity index (χ0v) is 23.1. The summed E-state index contributed by atoms with van der Waals surface area (Å²) in [6, 6.07) is 10.8. The lowest BCUT2D eigenvalue weighted by molar-refractivity contribution is 0.0273. The van der Waals surface area contributed by atoms with E-state index < -0.39 is 5.60 Å². The first-order valence-corrected chi connectivity index (χ1v) is 14.2. The summed E-state index contributed by atoms with van der Waals surface area (Å²) in [4.78, 5) is 19.2. The minimum Gasteiger partial charge on any atom is -0.444 e. The van der Waals surface area contributed by atoms with Crippen LogP contribution in [0.5, 0.6) is 0 Å². The van der Waals surface area contributed by atoms with Crippen LogP contribution in [0.4, 0.5) is 22.1 Å². The van der Waals surface area contributed by atoms with Gasteiger partial charge >= 0.3 is 6.09 Å². The van der Waals surface area contributed by atoms with E-state index in [2.05, 4.69) is 51.2 Å². The third-order valence-corrected chi connectivity index (χ3v) is 6.95. The van der Waals surface area contributed by atoms with Crippen molar-refractivity contribution in [1.29, 1.82) is 5.26 Å². The van der Waals surface area contributed by atoms with Gasteiger partial charge in [-0.15, -0.1) is 0 Å². The molecule has 5 rings (SSSR count). The predicted octanol–water partition coefficient (Wildman–Crippen LogP) is 5.81. The summed E-state index contributed by atoms with van der Waals surface area (Å²) in [7, 11) is 0. The number of anilines is 3. The van der Waals surface area contributed by atoms with Gasteiger partial charge in [0, 0.05) is 36.6 Å². The summed E-state index contributed by atoms with van der Waals surface area (Å²) in [5, 5.41) is 20.8. The van der Waals surface area contributed by atoms with Crippen molar-refractivity contribution in [3.05, 3.63) is 53.2 Å². The Morgan fingerprint density at radius 3 is 2.82 bits per heavy atom. The Hall–Kier alpha value is -3.71. The topological polar surface area (TPSA) is 108 Å². The van der Waals surface area contributed by atoms with Gasteiger partial charge in [0.05, 0.1) is 6.20 Å². The number of rotatable bonds is 7. The first-order valence-electron chi connectivity index (χ1n) is 12.9. The summed E-state index contributed by atoms with van der Waals surface area (Å²) in [6.45, 7) is 6.84. The van der Waals surface area contributed by atoms with Crippen molar-refractivity contribution in [3.63, 3.8) is 0 Å². The Kier molecular flexibility index (Phi) is 7.21. The highest BCUT2D eigenvalue weighted by Crippen LogP contribution is 2.32. The van der Waals surface area contributed by atoms with E-state index >= 15 is 0 Å².